The number of ether oxygens (including phenoxy) is 1. The van der Waals surface area contributed by atoms with Crippen LogP contribution in [0.5, 0.6) is 5.88 Å². The van der Waals surface area contributed by atoms with Crippen LogP contribution in [0.25, 0.3) is 0 Å². The number of rotatable bonds is 6. The van der Waals surface area contributed by atoms with Crippen molar-refractivity contribution < 1.29 is 24.5 Å². The molecule has 9 heteroatoms. The molecule has 0 fully saturated rings. The molecule has 2 heterocycles. The fourth-order valence-corrected chi connectivity index (χ4v) is 3.38. The van der Waals surface area contributed by atoms with Crippen LogP contribution in [0, 0.1) is 17.8 Å². The second-order valence-electron chi connectivity index (χ2n) is 9.52. The summed E-state index contributed by atoms with van der Waals surface area (Å²) < 4.78 is 6.18. The van der Waals surface area contributed by atoms with Gasteiger partial charge in [-0.2, -0.15) is 0 Å². The highest BCUT2D eigenvalue weighted by atomic mass is 16.5. The van der Waals surface area contributed by atoms with Crippen LogP contribution >= 0.6 is 0 Å². The van der Waals surface area contributed by atoms with E-state index in [4.69, 9.17) is 4.74 Å². The first kappa shape index (κ1) is 26.6. The quantitative estimate of drug-likeness (QED) is 0.594. The number of amides is 2. The molecule has 0 aliphatic carbocycles. The predicted molar refractivity (Wildman–Crippen MR) is 125 cm³/mol. The lowest BCUT2D eigenvalue weighted by molar-refractivity contribution is -0.132. The average molecular weight is 461 g/mol. The minimum absolute atomic E-state index is 0.0417. The van der Waals surface area contributed by atoms with Crippen molar-refractivity contribution in [3.8, 4) is 17.7 Å². The smallest absolute Gasteiger partial charge is 0.259 e. The highest BCUT2D eigenvalue weighted by Crippen LogP contribution is 2.27. The number of nitrogens with zero attached hydrogens (tertiary/aromatic N) is 4. The molecule has 0 unspecified atom stereocenters. The molecule has 33 heavy (non-hydrogen) atoms. The molecule has 1 aromatic rings. The number of hydrogen-bond donors (Lipinski definition) is 2. The number of aliphatic hydroxyl groups is 2. The van der Waals surface area contributed by atoms with E-state index in [1.54, 1.807) is 48.6 Å². The van der Waals surface area contributed by atoms with Gasteiger partial charge < -0.3 is 29.6 Å². The summed E-state index contributed by atoms with van der Waals surface area (Å²) in [6, 6.07) is 1.18. The zero-order valence-electron chi connectivity index (χ0n) is 20.6. The topological polar surface area (TPSA) is 106 Å². The monoisotopic (exact) mass is 460 g/mol. The van der Waals surface area contributed by atoms with E-state index in [9.17, 15) is 19.8 Å². The third-order valence-corrected chi connectivity index (χ3v) is 5.36. The fraction of sp³-hybridized carbons (Fsp3) is 0.625. The number of carbonyl (C=O) groups excluding carboxylic acids is 2. The zero-order chi connectivity index (χ0) is 24.9. The zero-order valence-corrected chi connectivity index (χ0v) is 20.6. The van der Waals surface area contributed by atoms with Gasteiger partial charge in [0.05, 0.1) is 25.7 Å². The minimum Gasteiger partial charge on any atom is -0.472 e. The van der Waals surface area contributed by atoms with Gasteiger partial charge in [-0.15, -0.1) is 0 Å². The largest absolute Gasteiger partial charge is 0.472 e. The summed E-state index contributed by atoms with van der Waals surface area (Å²) >= 11 is 0. The van der Waals surface area contributed by atoms with Crippen LogP contribution in [-0.2, 0) is 4.79 Å². The molecule has 182 valence electrons. The maximum absolute atomic E-state index is 13.4. The molecule has 1 aromatic heterocycles. The van der Waals surface area contributed by atoms with Gasteiger partial charge in [0.2, 0.25) is 11.8 Å². The van der Waals surface area contributed by atoms with Gasteiger partial charge in [0.1, 0.15) is 17.3 Å². The lowest BCUT2D eigenvalue weighted by Crippen LogP contribution is -2.51. The number of hydrogen-bond acceptors (Lipinski definition) is 7. The first-order valence-electron chi connectivity index (χ1n) is 11.0. The van der Waals surface area contributed by atoms with E-state index in [0.29, 0.717) is 18.7 Å². The van der Waals surface area contributed by atoms with E-state index in [0.717, 1.165) is 0 Å². The van der Waals surface area contributed by atoms with Crippen LogP contribution in [-0.4, -0.2) is 107 Å². The van der Waals surface area contributed by atoms with E-state index in [1.165, 1.54) is 6.20 Å². The molecular formula is C24H36N4O5. The summed E-state index contributed by atoms with van der Waals surface area (Å²) in [4.78, 5) is 35.2. The Labute approximate surface area is 196 Å². The lowest BCUT2D eigenvalue weighted by atomic mass is 9.99. The molecule has 0 saturated carbocycles. The van der Waals surface area contributed by atoms with Crippen molar-refractivity contribution in [2.75, 3.05) is 47.4 Å². The van der Waals surface area contributed by atoms with Gasteiger partial charge in [-0.05, 0) is 40.9 Å². The summed E-state index contributed by atoms with van der Waals surface area (Å²) in [7, 11) is 5.39. The fourth-order valence-electron chi connectivity index (χ4n) is 3.38. The van der Waals surface area contributed by atoms with Gasteiger partial charge in [-0.25, -0.2) is 4.98 Å². The van der Waals surface area contributed by atoms with Crippen molar-refractivity contribution >= 4 is 11.8 Å². The SMILES string of the molecule is C[C@H](CO)N1C[C@H](C)[C@@H](CN(C)C(=O)CN(C)C)Oc2ncc(C#CC(C)(C)O)cc2C1=O. The third-order valence-electron chi connectivity index (χ3n) is 5.36. The van der Waals surface area contributed by atoms with Crippen LogP contribution in [0.3, 0.4) is 0 Å². The summed E-state index contributed by atoms with van der Waals surface area (Å²) in [6.07, 6.45) is 1.08. The minimum atomic E-state index is -1.19. The normalized spacial score (nSPS) is 19.6. The first-order chi connectivity index (χ1) is 15.3. The summed E-state index contributed by atoms with van der Waals surface area (Å²) in [6.45, 7) is 7.63. The van der Waals surface area contributed by atoms with E-state index >= 15 is 0 Å². The number of aromatic nitrogens is 1. The van der Waals surface area contributed by atoms with Gasteiger partial charge in [-0.3, -0.25) is 9.59 Å². The van der Waals surface area contributed by atoms with Crippen LogP contribution in [0.1, 0.15) is 43.6 Å². The Morgan fingerprint density at radius 3 is 2.64 bits per heavy atom. The van der Waals surface area contributed by atoms with Crippen molar-refractivity contribution in [3.05, 3.63) is 23.4 Å². The summed E-state index contributed by atoms with van der Waals surface area (Å²) in [5.41, 5.74) is -0.489. The standard InChI is InChI=1S/C24H36N4O5/c1-16-12-28(17(2)15-29)23(31)19-10-18(8-9-24(3,4)32)11-25-22(19)33-20(16)13-27(7)21(30)14-26(5)6/h10-11,16-17,20,29,32H,12-15H2,1-7H3/t16-,17+,20+/m0/s1. The highest BCUT2D eigenvalue weighted by Gasteiger charge is 2.34. The van der Waals surface area contributed by atoms with Crippen molar-refractivity contribution in [1.82, 2.24) is 19.7 Å². The van der Waals surface area contributed by atoms with Crippen molar-refractivity contribution in [1.29, 1.82) is 0 Å². The maximum atomic E-state index is 13.4. The lowest BCUT2D eigenvalue weighted by Gasteiger charge is -2.37. The van der Waals surface area contributed by atoms with Gasteiger partial charge in [0.25, 0.3) is 5.91 Å². The molecule has 3 atom stereocenters. The Balaban J connectivity index is 2.44. The molecule has 0 saturated heterocycles. The molecule has 0 aromatic carbocycles. The van der Waals surface area contributed by atoms with Crippen LogP contribution in [0.2, 0.25) is 0 Å². The number of aliphatic hydroxyl groups excluding tert-OH is 1. The molecule has 9 nitrogen and oxygen atoms in total. The van der Waals surface area contributed by atoms with Gasteiger partial charge >= 0.3 is 0 Å². The van der Waals surface area contributed by atoms with Crippen LogP contribution < -0.4 is 4.74 Å². The Kier molecular flexibility index (Phi) is 8.83. The molecule has 0 radical (unpaired) electrons. The number of likely N-dealkylation sites (N-methyl/N-ethyl adjacent to an activating group) is 2. The molecule has 2 rings (SSSR count). The van der Waals surface area contributed by atoms with Crippen molar-refractivity contribution in [2.24, 2.45) is 5.92 Å². The second-order valence-corrected chi connectivity index (χ2v) is 9.52. The van der Waals surface area contributed by atoms with Gasteiger partial charge in [-0.1, -0.05) is 18.8 Å². The summed E-state index contributed by atoms with van der Waals surface area (Å²) in [5.74, 6) is 5.24. The molecule has 2 N–H and O–H groups in total. The Morgan fingerprint density at radius 1 is 1.39 bits per heavy atom. The number of carbonyl (C=O) groups is 2. The number of pyridine rings is 1. The molecule has 0 spiro atoms. The number of fused-ring (bicyclic) bond motifs is 1. The van der Waals surface area contributed by atoms with Gasteiger partial charge in [0, 0.05) is 31.3 Å². The molecular weight excluding hydrogens is 424 g/mol. The molecule has 1 aliphatic heterocycles. The Morgan fingerprint density at radius 2 is 2.06 bits per heavy atom. The Hall–Kier alpha value is -2.67. The predicted octanol–water partition coefficient (Wildman–Crippen LogP) is 0.444. The highest BCUT2D eigenvalue weighted by molar-refractivity contribution is 5.97. The molecule has 2 amide bonds. The van der Waals surface area contributed by atoms with Crippen LogP contribution in [0.15, 0.2) is 12.3 Å². The average Bonchev–Trinajstić information content (AvgIpc) is 2.73. The van der Waals surface area contributed by atoms with Crippen LogP contribution in [0.4, 0.5) is 0 Å². The Bertz CT molecular complexity index is 916. The van der Waals surface area contributed by atoms with Gasteiger partial charge in [0.15, 0.2) is 0 Å². The van der Waals surface area contributed by atoms with Crippen molar-refractivity contribution in [2.45, 2.75) is 45.4 Å². The van der Waals surface area contributed by atoms with E-state index in [2.05, 4.69) is 16.8 Å². The molecule has 1 aliphatic rings. The molecule has 0 bridgehead atoms. The maximum Gasteiger partial charge on any atom is 0.259 e. The first-order valence-corrected chi connectivity index (χ1v) is 11.0. The third kappa shape index (κ3) is 7.42. The van der Waals surface area contributed by atoms with E-state index in [-0.39, 0.29) is 42.3 Å². The summed E-state index contributed by atoms with van der Waals surface area (Å²) in [5, 5.41) is 19.6. The second kappa shape index (κ2) is 11.0. The van der Waals surface area contributed by atoms with E-state index < -0.39 is 17.7 Å². The van der Waals surface area contributed by atoms with E-state index in [1.807, 2.05) is 21.0 Å². The van der Waals surface area contributed by atoms with Crippen molar-refractivity contribution in [3.63, 3.8) is 0 Å².